The van der Waals surface area contributed by atoms with Gasteiger partial charge in [-0.1, -0.05) is 23.2 Å². The highest BCUT2D eigenvalue weighted by atomic mass is 35.5. The molecule has 0 atom stereocenters. The first kappa shape index (κ1) is 18.4. The molecule has 1 aliphatic rings. The molecule has 1 fully saturated rings. The molecule has 0 unspecified atom stereocenters. The van der Waals surface area contributed by atoms with E-state index in [1.807, 2.05) is 0 Å². The van der Waals surface area contributed by atoms with Crippen molar-refractivity contribution in [1.82, 2.24) is 4.90 Å². The van der Waals surface area contributed by atoms with E-state index < -0.39 is 10.7 Å². The molecule has 9 heteroatoms. The summed E-state index contributed by atoms with van der Waals surface area (Å²) in [7, 11) is 0. The summed E-state index contributed by atoms with van der Waals surface area (Å²) in [6.07, 6.45) is 0. The second-order valence-corrected chi connectivity index (χ2v) is 6.64. The molecular formula is C17H14Cl2FN3O3. The number of amides is 1. The van der Waals surface area contributed by atoms with Gasteiger partial charge in [-0.25, -0.2) is 4.39 Å². The molecule has 0 radical (unpaired) electrons. The smallest absolute Gasteiger partial charge is 0.295 e. The summed E-state index contributed by atoms with van der Waals surface area (Å²) in [5, 5.41) is 11.9. The number of piperazine rings is 1. The number of benzene rings is 2. The van der Waals surface area contributed by atoms with Gasteiger partial charge in [-0.3, -0.25) is 14.9 Å². The highest BCUT2D eigenvalue weighted by Crippen LogP contribution is 2.30. The summed E-state index contributed by atoms with van der Waals surface area (Å²) in [4.78, 5) is 26.6. The molecule has 2 aromatic rings. The predicted molar refractivity (Wildman–Crippen MR) is 97.6 cm³/mol. The molecule has 136 valence electrons. The first-order chi connectivity index (χ1) is 12.4. The van der Waals surface area contributed by atoms with E-state index >= 15 is 0 Å². The summed E-state index contributed by atoms with van der Waals surface area (Å²) >= 11 is 11.9. The monoisotopic (exact) mass is 397 g/mol. The summed E-state index contributed by atoms with van der Waals surface area (Å²) < 4.78 is 13.3. The Morgan fingerprint density at radius 2 is 1.77 bits per heavy atom. The van der Waals surface area contributed by atoms with Crippen LogP contribution < -0.4 is 4.90 Å². The topological polar surface area (TPSA) is 66.7 Å². The van der Waals surface area contributed by atoms with Gasteiger partial charge in [0.15, 0.2) is 0 Å². The molecular weight excluding hydrogens is 384 g/mol. The molecule has 0 N–H and O–H groups in total. The largest absolute Gasteiger partial charge is 0.362 e. The first-order valence-electron chi connectivity index (χ1n) is 7.80. The minimum atomic E-state index is -0.661. The Balaban J connectivity index is 1.73. The summed E-state index contributed by atoms with van der Waals surface area (Å²) in [6.45, 7) is 1.52. The fourth-order valence-corrected chi connectivity index (χ4v) is 3.38. The second-order valence-electron chi connectivity index (χ2n) is 5.79. The molecule has 1 saturated heterocycles. The molecule has 2 aromatic carbocycles. The number of carbonyl (C=O) groups excluding carboxylic acids is 1. The summed E-state index contributed by atoms with van der Waals surface area (Å²) in [5.74, 6) is -0.883. The highest BCUT2D eigenvalue weighted by Gasteiger charge is 2.27. The number of halogens is 3. The fourth-order valence-electron chi connectivity index (χ4n) is 2.89. The van der Waals surface area contributed by atoms with E-state index in [2.05, 4.69) is 0 Å². The van der Waals surface area contributed by atoms with Gasteiger partial charge in [-0.05, 0) is 30.3 Å². The Hall–Kier alpha value is -2.38. The van der Waals surface area contributed by atoms with Crippen LogP contribution in [0, 0.1) is 15.9 Å². The molecule has 1 aliphatic heterocycles. The van der Waals surface area contributed by atoms with Gasteiger partial charge < -0.3 is 9.80 Å². The third kappa shape index (κ3) is 3.73. The maximum atomic E-state index is 13.3. The number of nitro benzene ring substituents is 1. The van der Waals surface area contributed by atoms with Crippen LogP contribution in [0.2, 0.25) is 10.0 Å². The van der Waals surface area contributed by atoms with Crippen molar-refractivity contribution < 1.29 is 14.1 Å². The third-order valence-corrected chi connectivity index (χ3v) is 4.75. The highest BCUT2D eigenvalue weighted by molar-refractivity contribution is 6.36. The molecule has 3 rings (SSSR count). The fraction of sp³-hybridized carbons (Fsp3) is 0.235. The van der Waals surface area contributed by atoms with Crippen molar-refractivity contribution in [2.75, 3.05) is 31.1 Å². The lowest BCUT2D eigenvalue weighted by molar-refractivity contribution is -0.384. The molecule has 0 saturated carbocycles. The summed E-state index contributed by atoms with van der Waals surface area (Å²) in [6, 6.07) is 8.16. The van der Waals surface area contributed by atoms with Gasteiger partial charge in [0.05, 0.1) is 21.6 Å². The zero-order valence-electron chi connectivity index (χ0n) is 13.5. The number of nitro groups is 1. The van der Waals surface area contributed by atoms with Gasteiger partial charge in [-0.2, -0.15) is 0 Å². The van der Waals surface area contributed by atoms with Crippen LogP contribution in [0.1, 0.15) is 10.4 Å². The van der Waals surface area contributed by atoms with Crippen molar-refractivity contribution in [1.29, 1.82) is 0 Å². The second kappa shape index (κ2) is 7.47. The quantitative estimate of drug-likeness (QED) is 0.579. The lowest BCUT2D eigenvalue weighted by Crippen LogP contribution is -2.49. The minimum absolute atomic E-state index is 0.222. The lowest BCUT2D eigenvalue weighted by Gasteiger charge is -2.36. The number of nitrogens with zero attached hydrogens (tertiary/aromatic N) is 3. The van der Waals surface area contributed by atoms with Gasteiger partial charge in [0.1, 0.15) is 11.5 Å². The Kier molecular flexibility index (Phi) is 5.29. The average Bonchev–Trinajstić information content (AvgIpc) is 2.61. The van der Waals surface area contributed by atoms with E-state index in [4.69, 9.17) is 23.2 Å². The van der Waals surface area contributed by atoms with Crippen LogP contribution in [-0.4, -0.2) is 41.9 Å². The number of hydrogen-bond acceptors (Lipinski definition) is 4. The van der Waals surface area contributed by atoms with E-state index in [0.29, 0.717) is 42.5 Å². The molecule has 1 heterocycles. The SMILES string of the molecule is O=C(c1ccc(Cl)cc1Cl)N1CCN(c2ccc(F)cc2[N+](=O)[O-])CC1. The van der Waals surface area contributed by atoms with Crippen LogP contribution in [0.4, 0.5) is 15.8 Å². The van der Waals surface area contributed by atoms with Crippen LogP contribution in [0.15, 0.2) is 36.4 Å². The third-order valence-electron chi connectivity index (χ3n) is 4.20. The molecule has 0 aliphatic carbocycles. The van der Waals surface area contributed by atoms with Crippen molar-refractivity contribution in [2.24, 2.45) is 0 Å². The van der Waals surface area contributed by atoms with Crippen molar-refractivity contribution in [2.45, 2.75) is 0 Å². The number of anilines is 1. The molecule has 1 amide bonds. The molecule has 26 heavy (non-hydrogen) atoms. The molecule has 0 bridgehead atoms. The summed E-state index contributed by atoms with van der Waals surface area (Å²) in [5.41, 5.74) is 0.413. The molecule has 0 spiro atoms. The van der Waals surface area contributed by atoms with Crippen LogP contribution in [-0.2, 0) is 0 Å². The van der Waals surface area contributed by atoms with Crippen LogP contribution in [0.25, 0.3) is 0 Å². The number of hydrogen-bond donors (Lipinski definition) is 0. The van der Waals surface area contributed by atoms with E-state index in [1.54, 1.807) is 21.9 Å². The Bertz CT molecular complexity index is 870. The van der Waals surface area contributed by atoms with Gasteiger partial charge in [0.25, 0.3) is 11.6 Å². The zero-order chi connectivity index (χ0) is 18.8. The van der Waals surface area contributed by atoms with E-state index in [1.165, 1.54) is 18.2 Å². The van der Waals surface area contributed by atoms with Gasteiger partial charge in [0, 0.05) is 31.2 Å². The predicted octanol–water partition coefficient (Wildman–Crippen LogP) is 4.00. The maximum absolute atomic E-state index is 13.3. The van der Waals surface area contributed by atoms with Crippen molar-refractivity contribution >= 4 is 40.5 Å². The Morgan fingerprint density at radius 1 is 1.08 bits per heavy atom. The van der Waals surface area contributed by atoms with Gasteiger partial charge >= 0.3 is 0 Å². The lowest BCUT2D eigenvalue weighted by atomic mass is 10.1. The van der Waals surface area contributed by atoms with E-state index in [0.717, 1.165) is 6.07 Å². The zero-order valence-corrected chi connectivity index (χ0v) is 15.0. The van der Waals surface area contributed by atoms with Crippen LogP contribution in [0.3, 0.4) is 0 Å². The normalized spacial score (nSPS) is 14.4. The van der Waals surface area contributed by atoms with Gasteiger partial charge in [-0.15, -0.1) is 0 Å². The minimum Gasteiger partial charge on any atom is -0.362 e. The van der Waals surface area contributed by atoms with Crippen LogP contribution in [0.5, 0.6) is 0 Å². The number of rotatable bonds is 3. The van der Waals surface area contributed by atoms with Crippen molar-refractivity contribution in [3.05, 3.63) is 67.9 Å². The standard InChI is InChI=1S/C17H14Cl2FN3O3/c18-11-1-3-13(14(19)9-11)17(24)22-7-5-21(6-8-22)15-4-2-12(20)10-16(15)23(25)26/h1-4,9-10H,5-8H2. The van der Waals surface area contributed by atoms with Crippen molar-refractivity contribution in [3.63, 3.8) is 0 Å². The van der Waals surface area contributed by atoms with Gasteiger partial charge in [0.2, 0.25) is 0 Å². The van der Waals surface area contributed by atoms with E-state index in [9.17, 15) is 19.3 Å². The average molecular weight is 398 g/mol. The Morgan fingerprint density at radius 3 is 2.38 bits per heavy atom. The number of carbonyl (C=O) groups is 1. The van der Waals surface area contributed by atoms with Crippen LogP contribution >= 0.6 is 23.2 Å². The van der Waals surface area contributed by atoms with E-state index in [-0.39, 0.29) is 16.6 Å². The van der Waals surface area contributed by atoms with Crippen molar-refractivity contribution in [3.8, 4) is 0 Å². The Labute approximate surface area is 158 Å². The molecule has 0 aromatic heterocycles. The maximum Gasteiger partial charge on any atom is 0.295 e. The molecule has 6 nitrogen and oxygen atoms in total. The first-order valence-corrected chi connectivity index (χ1v) is 8.55.